The maximum absolute atomic E-state index is 10.4. The van der Waals surface area contributed by atoms with E-state index in [-0.39, 0.29) is 6.10 Å². The highest BCUT2D eigenvalue weighted by Crippen LogP contribution is 2.25. The second kappa shape index (κ2) is 7.66. The highest BCUT2D eigenvalue weighted by molar-refractivity contribution is 9.10. The molecule has 0 aliphatic carbocycles. The van der Waals surface area contributed by atoms with Crippen molar-refractivity contribution in [3.63, 3.8) is 0 Å². The van der Waals surface area contributed by atoms with Crippen molar-refractivity contribution in [3.05, 3.63) is 65.2 Å². The topological polar surface area (TPSA) is 55.8 Å². The molecule has 114 valence electrons. The van der Waals surface area contributed by atoms with E-state index in [2.05, 4.69) is 15.9 Å². The molecule has 0 spiro atoms. The molecule has 2 rings (SSSR count). The molecule has 5 heteroatoms. The molecule has 22 heavy (non-hydrogen) atoms. The van der Waals surface area contributed by atoms with E-state index in [0.29, 0.717) is 11.5 Å². The van der Waals surface area contributed by atoms with Crippen LogP contribution in [0.4, 0.5) is 0 Å². The van der Waals surface area contributed by atoms with Gasteiger partial charge in [0.25, 0.3) is 0 Å². The van der Waals surface area contributed by atoms with Gasteiger partial charge < -0.3 is 14.6 Å². The summed E-state index contributed by atoms with van der Waals surface area (Å²) in [5.41, 5.74) is 0. The summed E-state index contributed by atoms with van der Waals surface area (Å²) in [6.07, 6.45) is 2.22. The quantitative estimate of drug-likeness (QED) is 0.759. The Morgan fingerprint density at radius 2 is 1.55 bits per heavy atom. The Bertz CT molecular complexity index is 647. The Morgan fingerprint density at radius 1 is 1.05 bits per heavy atom. The van der Waals surface area contributed by atoms with Gasteiger partial charge in [-0.25, -0.2) is 4.79 Å². The largest absolute Gasteiger partial charge is 0.487 e. The van der Waals surface area contributed by atoms with Crippen LogP contribution in [0.3, 0.4) is 0 Å². The number of rotatable bonds is 6. The minimum absolute atomic E-state index is 0.325. The number of carboxylic acids is 1. The van der Waals surface area contributed by atoms with Crippen LogP contribution in [0.15, 0.2) is 65.2 Å². The lowest BCUT2D eigenvalue weighted by atomic mass is 10.3. The van der Waals surface area contributed by atoms with Crippen molar-refractivity contribution in [1.82, 2.24) is 0 Å². The van der Waals surface area contributed by atoms with E-state index in [0.717, 1.165) is 16.3 Å². The summed E-state index contributed by atoms with van der Waals surface area (Å²) >= 11 is 3.37. The number of hydrogen-bond acceptors (Lipinski definition) is 3. The van der Waals surface area contributed by atoms with E-state index >= 15 is 0 Å². The van der Waals surface area contributed by atoms with Crippen molar-refractivity contribution in [2.75, 3.05) is 0 Å². The van der Waals surface area contributed by atoms with Gasteiger partial charge in [-0.15, -0.1) is 0 Å². The van der Waals surface area contributed by atoms with E-state index in [1.165, 1.54) is 6.08 Å². The second-order valence-corrected chi connectivity index (χ2v) is 5.46. The Labute approximate surface area is 137 Å². The third kappa shape index (κ3) is 5.26. The molecule has 1 atom stereocenters. The number of aliphatic carboxylic acids is 1. The van der Waals surface area contributed by atoms with Gasteiger partial charge in [0.15, 0.2) is 0 Å². The van der Waals surface area contributed by atoms with Crippen molar-refractivity contribution in [3.8, 4) is 17.2 Å². The van der Waals surface area contributed by atoms with Crippen LogP contribution in [0.5, 0.6) is 17.2 Å². The number of hydrogen-bond donors (Lipinski definition) is 1. The molecule has 0 aliphatic heterocycles. The molecule has 0 amide bonds. The van der Waals surface area contributed by atoms with Crippen LogP contribution in [0.1, 0.15) is 6.92 Å². The van der Waals surface area contributed by atoms with Gasteiger partial charge in [-0.05, 0) is 61.5 Å². The van der Waals surface area contributed by atoms with Crippen LogP contribution in [-0.4, -0.2) is 17.2 Å². The number of halogens is 1. The van der Waals surface area contributed by atoms with Crippen molar-refractivity contribution in [2.24, 2.45) is 0 Å². The molecule has 0 saturated carbocycles. The fourth-order valence-corrected chi connectivity index (χ4v) is 1.96. The zero-order valence-corrected chi connectivity index (χ0v) is 13.5. The molecule has 2 aromatic rings. The number of carbonyl (C=O) groups is 1. The van der Waals surface area contributed by atoms with Gasteiger partial charge in [-0.1, -0.05) is 15.9 Å². The molecule has 1 N–H and O–H groups in total. The predicted octanol–water partition coefficient (Wildman–Crippen LogP) is 4.65. The molecular formula is C17H15BrO4. The zero-order valence-electron chi connectivity index (χ0n) is 11.9. The molecule has 0 aliphatic rings. The van der Waals surface area contributed by atoms with E-state index < -0.39 is 5.97 Å². The summed E-state index contributed by atoms with van der Waals surface area (Å²) in [5.74, 6) is 1.09. The summed E-state index contributed by atoms with van der Waals surface area (Å²) in [5, 5.41) is 8.56. The smallest absolute Gasteiger partial charge is 0.328 e. The lowest BCUT2D eigenvalue weighted by Crippen LogP contribution is -2.08. The third-order valence-corrected chi connectivity index (χ3v) is 3.23. The standard InChI is InChI=1S/C17H15BrO4/c1-12(2-11-17(19)20)21-14-7-9-16(10-8-14)22-15-5-3-13(18)4-6-15/h2-12H,1H3,(H,19,20)/b11-2+. The molecule has 0 heterocycles. The predicted molar refractivity (Wildman–Crippen MR) is 87.5 cm³/mol. The van der Waals surface area contributed by atoms with Crippen LogP contribution < -0.4 is 9.47 Å². The number of carboxylic acid groups (broad SMARTS) is 1. The lowest BCUT2D eigenvalue weighted by molar-refractivity contribution is -0.131. The monoisotopic (exact) mass is 362 g/mol. The van der Waals surface area contributed by atoms with E-state index in [9.17, 15) is 4.79 Å². The second-order valence-electron chi connectivity index (χ2n) is 4.55. The average molecular weight is 363 g/mol. The van der Waals surface area contributed by atoms with E-state index in [4.69, 9.17) is 14.6 Å². The average Bonchev–Trinajstić information content (AvgIpc) is 2.49. The Kier molecular flexibility index (Phi) is 5.61. The van der Waals surface area contributed by atoms with Crippen molar-refractivity contribution in [1.29, 1.82) is 0 Å². The Morgan fingerprint density at radius 3 is 2.09 bits per heavy atom. The van der Waals surface area contributed by atoms with Gasteiger partial charge in [0.1, 0.15) is 23.4 Å². The van der Waals surface area contributed by atoms with Crippen molar-refractivity contribution >= 4 is 21.9 Å². The van der Waals surface area contributed by atoms with E-state index in [1.807, 2.05) is 24.3 Å². The minimum Gasteiger partial charge on any atom is -0.487 e. The molecule has 0 radical (unpaired) electrons. The molecule has 0 fully saturated rings. The maximum Gasteiger partial charge on any atom is 0.328 e. The van der Waals surface area contributed by atoms with Crippen LogP contribution in [0.2, 0.25) is 0 Å². The molecule has 1 unspecified atom stereocenters. The first kappa shape index (κ1) is 16.1. The fraction of sp³-hybridized carbons (Fsp3) is 0.118. The molecule has 4 nitrogen and oxygen atoms in total. The van der Waals surface area contributed by atoms with Crippen LogP contribution >= 0.6 is 15.9 Å². The minimum atomic E-state index is -0.992. The maximum atomic E-state index is 10.4. The SMILES string of the molecule is CC(/C=C/C(=O)O)Oc1ccc(Oc2ccc(Br)cc2)cc1. The normalized spacial score (nSPS) is 12.1. The molecule has 0 aromatic heterocycles. The number of benzene rings is 2. The van der Waals surface area contributed by atoms with Crippen LogP contribution in [0, 0.1) is 0 Å². The van der Waals surface area contributed by atoms with Crippen LogP contribution in [-0.2, 0) is 4.79 Å². The van der Waals surface area contributed by atoms with Gasteiger partial charge in [-0.2, -0.15) is 0 Å². The zero-order chi connectivity index (χ0) is 15.9. The fourth-order valence-electron chi connectivity index (χ4n) is 1.70. The summed E-state index contributed by atoms with van der Waals surface area (Å²) in [7, 11) is 0. The molecule has 0 saturated heterocycles. The van der Waals surface area contributed by atoms with Gasteiger partial charge in [0.2, 0.25) is 0 Å². The van der Waals surface area contributed by atoms with Crippen molar-refractivity contribution in [2.45, 2.75) is 13.0 Å². The third-order valence-electron chi connectivity index (χ3n) is 2.70. The highest BCUT2D eigenvalue weighted by atomic mass is 79.9. The lowest BCUT2D eigenvalue weighted by Gasteiger charge is -2.11. The Hall–Kier alpha value is -2.27. The van der Waals surface area contributed by atoms with Gasteiger partial charge in [0.05, 0.1) is 0 Å². The summed E-state index contributed by atoms with van der Waals surface area (Å²) in [6, 6.07) is 14.7. The van der Waals surface area contributed by atoms with E-state index in [1.54, 1.807) is 31.2 Å². The first-order valence-electron chi connectivity index (χ1n) is 6.64. The van der Waals surface area contributed by atoms with Crippen molar-refractivity contribution < 1.29 is 19.4 Å². The summed E-state index contributed by atoms with van der Waals surface area (Å²) < 4.78 is 12.3. The molecule has 2 aromatic carbocycles. The first-order chi connectivity index (χ1) is 10.5. The summed E-state index contributed by atoms with van der Waals surface area (Å²) in [4.78, 5) is 10.4. The van der Waals surface area contributed by atoms with Crippen LogP contribution in [0.25, 0.3) is 0 Å². The Balaban J connectivity index is 1.95. The number of ether oxygens (including phenoxy) is 2. The highest BCUT2D eigenvalue weighted by Gasteiger charge is 2.02. The summed E-state index contributed by atoms with van der Waals surface area (Å²) in [6.45, 7) is 1.77. The van der Waals surface area contributed by atoms with Gasteiger partial charge >= 0.3 is 5.97 Å². The van der Waals surface area contributed by atoms with Gasteiger partial charge in [0, 0.05) is 10.5 Å². The first-order valence-corrected chi connectivity index (χ1v) is 7.43. The van der Waals surface area contributed by atoms with Gasteiger partial charge in [-0.3, -0.25) is 0 Å². The molecular weight excluding hydrogens is 348 g/mol. The molecule has 0 bridgehead atoms.